The van der Waals surface area contributed by atoms with Gasteiger partial charge in [-0.3, -0.25) is 0 Å². The Morgan fingerprint density at radius 1 is 1.56 bits per heavy atom. The van der Waals surface area contributed by atoms with Crippen LogP contribution < -0.4 is 10.2 Å². The van der Waals surface area contributed by atoms with Crippen LogP contribution in [-0.2, 0) is 0 Å². The van der Waals surface area contributed by atoms with E-state index in [1.54, 1.807) is 0 Å². The van der Waals surface area contributed by atoms with Gasteiger partial charge in [0, 0.05) is 29.3 Å². The first kappa shape index (κ1) is 13.8. The van der Waals surface area contributed by atoms with Crippen LogP contribution in [-0.4, -0.2) is 30.8 Å². The Bertz CT molecular complexity index is 411. The van der Waals surface area contributed by atoms with Gasteiger partial charge in [-0.2, -0.15) is 0 Å². The van der Waals surface area contributed by atoms with Gasteiger partial charge in [0.1, 0.15) is 0 Å². The Labute approximate surface area is 117 Å². The molecule has 2 atom stereocenters. The molecule has 100 valence electrons. The third kappa shape index (κ3) is 3.05. The molecule has 1 aromatic rings. The molecule has 2 N–H and O–H groups in total. The molecule has 1 heterocycles. The molecule has 1 aliphatic rings. The van der Waals surface area contributed by atoms with Gasteiger partial charge in [-0.25, -0.2) is 0 Å². The highest BCUT2D eigenvalue weighted by Gasteiger charge is 2.23. The van der Waals surface area contributed by atoms with Crippen molar-refractivity contribution in [3.63, 3.8) is 0 Å². The first-order chi connectivity index (χ1) is 8.61. The monoisotopic (exact) mass is 312 g/mol. The van der Waals surface area contributed by atoms with Gasteiger partial charge in [-0.05, 0) is 43.7 Å². The quantitative estimate of drug-likeness (QED) is 0.897. The molecule has 0 amide bonds. The predicted octanol–water partition coefficient (Wildman–Crippen LogP) is 2.69. The average Bonchev–Trinajstić information content (AvgIpc) is 2.76. The first-order valence-electron chi connectivity index (χ1n) is 6.57. The van der Waals surface area contributed by atoms with Crippen LogP contribution in [0.2, 0.25) is 0 Å². The maximum absolute atomic E-state index is 9.68. The summed E-state index contributed by atoms with van der Waals surface area (Å²) in [7, 11) is 0. The molecule has 0 aliphatic carbocycles. The Kier molecular flexibility index (Phi) is 4.65. The molecule has 18 heavy (non-hydrogen) atoms. The second-order valence-corrected chi connectivity index (χ2v) is 5.79. The average molecular weight is 313 g/mol. The van der Waals surface area contributed by atoms with Crippen LogP contribution in [0.4, 0.5) is 5.69 Å². The van der Waals surface area contributed by atoms with E-state index in [0.29, 0.717) is 6.04 Å². The number of halogens is 1. The smallest absolute Gasteiger partial charge is 0.0731 e. The van der Waals surface area contributed by atoms with Gasteiger partial charge in [-0.15, -0.1) is 0 Å². The predicted molar refractivity (Wildman–Crippen MR) is 79.1 cm³/mol. The largest absolute Gasteiger partial charge is 0.391 e. The maximum atomic E-state index is 9.68. The number of anilines is 1. The van der Waals surface area contributed by atoms with Crippen LogP contribution in [0.15, 0.2) is 22.7 Å². The fraction of sp³-hybridized carbons (Fsp3) is 0.571. The number of nitrogens with one attached hydrogen (secondary N) is 1. The molecule has 1 fully saturated rings. The summed E-state index contributed by atoms with van der Waals surface area (Å²) in [6.45, 7) is 6.94. The highest BCUT2D eigenvalue weighted by molar-refractivity contribution is 9.10. The van der Waals surface area contributed by atoms with Gasteiger partial charge >= 0.3 is 0 Å². The summed E-state index contributed by atoms with van der Waals surface area (Å²) < 4.78 is 1.10. The van der Waals surface area contributed by atoms with Crippen molar-refractivity contribution in [1.82, 2.24) is 5.32 Å². The van der Waals surface area contributed by atoms with Gasteiger partial charge in [0.05, 0.1) is 6.10 Å². The van der Waals surface area contributed by atoms with Crippen molar-refractivity contribution in [1.29, 1.82) is 0 Å². The van der Waals surface area contributed by atoms with Gasteiger partial charge in [-0.1, -0.05) is 22.9 Å². The van der Waals surface area contributed by atoms with E-state index in [0.717, 1.165) is 30.5 Å². The molecule has 0 saturated carbocycles. The number of aliphatic hydroxyl groups excluding tert-OH is 1. The number of β-amino-alcohol motifs (C(OH)–C–C–N with tert-alkyl or cyclic N) is 1. The molecule has 1 aliphatic heterocycles. The Balaban J connectivity index is 2.28. The van der Waals surface area contributed by atoms with Crippen molar-refractivity contribution in [3.05, 3.63) is 28.2 Å². The minimum atomic E-state index is -0.184. The number of benzene rings is 1. The third-order valence-electron chi connectivity index (χ3n) is 3.47. The van der Waals surface area contributed by atoms with Crippen molar-refractivity contribution in [2.45, 2.75) is 32.4 Å². The van der Waals surface area contributed by atoms with Crippen LogP contribution in [0.25, 0.3) is 0 Å². The minimum Gasteiger partial charge on any atom is -0.391 e. The molecule has 0 bridgehead atoms. The third-order valence-corrected chi connectivity index (χ3v) is 3.96. The summed E-state index contributed by atoms with van der Waals surface area (Å²) in [6, 6.07) is 6.71. The summed E-state index contributed by atoms with van der Waals surface area (Å²) in [4.78, 5) is 2.28. The minimum absolute atomic E-state index is 0.184. The highest BCUT2D eigenvalue weighted by atomic mass is 79.9. The molecule has 0 radical (unpaired) electrons. The Morgan fingerprint density at radius 2 is 2.33 bits per heavy atom. The molecule has 0 aromatic heterocycles. The fourth-order valence-electron chi connectivity index (χ4n) is 2.54. The normalized spacial score (nSPS) is 21.3. The zero-order chi connectivity index (χ0) is 13.1. The van der Waals surface area contributed by atoms with Gasteiger partial charge in [0.2, 0.25) is 0 Å². The zero-order valence-corrected chi connectivity index (χ0v) is 12.6. The summed E-state index contributed by atoms with van der Waals surface area (Å²) in [6.07, 6.45) is 0.682. The summed E-state index contributed by atoms with van der Waals surface area (Å²) >= 11 is 3.54. The lowest BCUT2D eigenvalue weighted by Crippen LogP contribution is -2.25. The number of nitrogens with zero attached hydrogens (tertiary/aromatic N) is 1. The van der Waals surface area contributed by atoms with E-state index >= 15 is 0 Å². The van der Waals surface area contributed by atoms with E-state index in [1.807, 2.05) is 0 Å². The Hall–Kier alpha value is -0.580. The molecule has 4 heteroatoms. The molecule has 2 rings (SSSR count). The maximum Gasteiger partial charge on any atom is 0.0731 e. The van der Waals surface area contributed by atoms with Crippen molar-refractivity contribution < 1.29 is 5.11 Å². The molecule has 1 aromatic carbocycles. The highest BCUT2D eigenvalue weighted by Crippen LogP contribution is 2.31. The van der Waals surface area contributed by atoms with Crippen LogP contribution in [0.5, 0.6) is 0 Å². The number of aliphatic hydroxyl groups is 1. The number of hydrogen-bond donors (Lipinski definition) is 2. The van der Waals surface area contributed by atoms with Crippen molar-refractivity contribution in [3.8, 4) is 0 Å². The van der Waals surface area contributed by atoms with Gasteiger partial charge < -0.3 is 15.3 Å². The standard InChI is InChI=1S/C14H21BrN2O/c1-3-16-10(2)13-8-11(15)4-5-14(13)17-7-6-12(18)9-17/h4-5,8,10,12,16,18H,3,6-7,9H2,1-2H3. The zero-order valence-electron chi connectivity index (χ0n) is 11.0. The summed E-state index contributed by atoms with van der Waals surface area (Å²) in [5.41, 5.74) is 2.53. The molecular formula is C14H21BrN2O. The molecule has 2 unspecified atom stereocenters. The van der Waals surface area contributed by atoms with E-state index in [4.69, 9.17) is 0 Å². The van der Waals surface area contributed by atoms with Gasteiger partial charge in [0.15, 0.2) is 0 Å². The molecule has 3 nitrogen and oxygen atoms in total. The van der Waals surface area contributed by atoms with E-state index in [-0.39, 0.29) is 6.10 Å². The lowest BCUT2D eigenvalue weighted by Gasteiger charge is -2.25. The van der Waals surface area contributed by atoms with E-state index < -0.39 is 0 Å². The molecule has 1 saturated heterocycles. The molecular weight excluding hydrogens is 292 g/mol. The lowest BCUT2D eigenvalue weighted by atomic mass is 10.1. The van der Waals surface area contributed by atoms with Gasteiger partial charge in [0.25, 0.3) is 0 Å². The van der Waals surface area contributed by atoms with Crippen molar-refractivity contribution in [2.24, 2.45) is 0 Å². The fourth-order valence-corrected chi connectivity index (χ4v) is 2.92. The van der Waals surface area contributed by atoms with E-state index in [1.165, 1.54) is 11.3 Å². The van der Waals surface area contributed by atoms with Crippen LogP contribution >= 0.6 is 15.9 Å². The van der Waals surface area contributed by atoms with Crippen LogP contribution in [0.1, 0.15) is 31.9 Å². The second kappa shape index (κ2) is 6.04. The second-order valence-electron chi connectivity index (χ2n) is 4.87. The Morgan fingerprint density at radius 3 is 2.94 bits per heavy atom. The van der Waals surface area contributed by atoms with E-state index in [2.05, 4.69) is 58.2 Å². The van der Waals surface area contributed by atoms with E-state index in [9.17, 15) is 5.11 Å². The van der Waals surface area contributed by atoms with Crippen LogP contribution in [0.3, 0.4) is 0 Å². The number of hydrogen-bond acceptors (Lipinski definition) is 3. The topological polar surface area (TPSA) is 35.5 Å². The van der Waals surface area contributed by atoms with Crippen molar-refractivity contribution in [2.75, 3.05) is 24.5 Å². The molecule has 0 spiro atoms. The number of rotatable bonds is 4. The summed E-state index contributed by atoms with van der Waals surface area (Å²) in [5, 5.41) is 13.1. The van der Waals surface area contributed by atoms with Crippen LogP contribution in [0, 0.1) is 0 Å². The lowest BCUT2D eigenvalue weighted by molar-refractivity contribution is 0.198. The summed E-state index contributed by atoms with van der Waals surface area (Å²) in [5.74, 6) is 0. The first-order valence-corrected chi connectivity index (χ1v) is 7.37. The SMILES string of the molecule is CCNC(C)c1cc(Br)ccc1N1CCC(O)C1. The van der Waals surface area contributed by atoms with Crippen molar-refractivity contribution >= 4 is 21.6 Å².